The second kappa shape index (κ2) is 6.90. The summed E-state index contributed by atoms with van der Waals surface area (Å²) in [6.45, 7) is 4.65. The molecule has 0 aliphatic carbocycles. The van der Waals surface area contributed by atoms with E-state index in [4.69, 9.17) is 9.29 Å². The van der Waals surface area contributed by atoms with Crippen LogP contribution in [0.3, 0.4) is 0 Å². The Kier molecular flexibility index (Phi) is 5.76. The zero-order valence-electron chi connectivity index (χ0n) is 11.9. The van der Waals surface area contributed by atoms with Crippen LogP contribution in [0.25, 0.3) is 0 Å². The largest absolute Gasteiger partial charge is 0.494 e. The van der Waals surface area contributed by atoms with Crippen LogP contribution < -0.4 is 9.64 Å². The normalized spacial score (nSPS) is 11.4. The van der Waals surface area contributed by atoms with E-state index in [0.717, 1.165) is 5.69 Å². The van der Waals surface area contributed by atoms with Crippen molar-refractivity contribution in [3.63, 3.8) is 0 Å². The molecule has 1 aromatic rings. The fourth-order valence-corrected chi connectivity index (χ4v) is 2.45. The SMILES string of the molecule is CCN(CCCS(=O)(=O)O)c1cc(C)c(F)c(OC)c1. The average molecular weight is 305 g/mol. The molecule has 0 saturated heterocycles. The number of ether oxygens (including phenoxy) is 1. The van der Waals surface area contributed by atoms with E-state index in [1.165, 1.54) is 7.11 Å². The highest BCUT2D eigenvalue weighted by Gasteiger charge is 2.13. The molecule has 7 heteroatoms. The maximum atomic E-state index is 13.7. The summed E-state index contributed by atoms with van der Waals surface area (Å²) in [6, 6.07) is 3.27. The zero-order chi connectivity index (χ0) is 15.3. The highest BCUT2D eigenvalue weighted by atomic mass is 32.2. The van der Waals surface area contributed by atoms with E-state index in [2.05, 4.69) is 0 Å². The van der Waals surface area contributed by atoms with Crippen LogP contribution in [0.2, 0.25) is 0 Å². The molecule has 0 bridgehead atoms. The van der Waals surface area contributed by atoms with Gasteiger partial charge in [0.05, 0.1) is 12.9 Å². The van der Waals surface area contributed by atoms with Crippen molar-refractivity contribution in [3.8, 4) is 5.75 Å². The first-order valence-corrected chi connectivity index (χ1v) is 7.93. The van der Waals surface area contributed by atoms with Gasteiger partial charge in [-0.2, -0.15) is 8.42 Å². The number of benzene rings is 1. The van der Waals surface area contributed by atoms with Gasteiger partial charge in [-0.1, -0.05) is 0 Å². The fourth-order valence-electron chi connectivity index (χ4n) is 1.96. The molecule has 1 rings (SSSR count). The van der Waals surface area contributed by atoms with Crippen molar-refractivity contribution in [1.82, 2.24) is 0 Å². The maximum Gasteiger partial charge on any atom is 0.264 e. The van der Waals surface area contributed by atoms with E-state index in [9.17, 15) is 12.8 Å². The summed E-state index contributed by atoms with van der Waals surface area (Å²) in [7, 11) is -2.55. The third-order valence-corrected chi connectivity index (χ3v) is 3.81. The van der Waals surface area contributed by atoms with Gasteiger partial charge in [-0.05, 0) is 31.9 Å². The molecule has 0 atom stereocenters. The lowest BCUT2D eigenvalue weighted by Gasteiger charge is -2.24. The van der Waals surface area contributed by atoms with Gasteiger partial charge in [-0.15, -0.1) is 0 Å². The average Bonchev–Trinajstić information content (AvgIpc) is 2.36. The van der Waals surface area contributed by atoms with E-state index in [1.807, 2.05) is 11.8 Å². The lowest BCUT2D eigenvalue weighted by atomic mass is 10.1. The monoisotopic (exact) mass is 305 g/mol. The lowest BCUT2D eigenvalue weighted by Crippen LogP contribution is -2.25. The number of halogens is 1. The zero-order valence-corrected chi connectivity index (χ0v) is 12.7. The molecule has 0 unspecified atom stereocenters. The Labute approximate surface area is 119 Å². The minimum atomic E-state index is -3.95. The summed E-state index contributed by atoms with van der Waals surface area (Å²) in [5, 5.41) is 0. The molecule has 0 aliphatic rings. The molecule has 20 heavy (non-hydrogen) atoms. The quantitative estimate of drug-likeness (QED) is 0.783. The summed E-state index contributed by atoms with van der Waals surface area (Å²) in [5.74, 6) is -0.528. The standard InChI is InChI=1S/C13H20FNO4S/c1-4-15(6-5-7-20(16,17)18)11-8-10(2)13(14)12(9-11)19-3/h8-9H,4-7H2,1-3H3,(H,16,17,18). The van der Waals surface area contributed by atoms with Gasteiger partial charge in [-0.3, -0.25) is 4.55 Å². The van der Waals surface area contributed by atoms with Gasteiger partial charge in [-0.25, -0.2) is 4.39 Å². The summed E-state index contributed by atoms with van der Waals surface area (Å²) >= 11 is 0. The van der Waals surface area contributed by atoms with Crippen molar-refractivity contribution in [2.45, 2.75) is 20.3 Å². The number of nitrogens with zero attached hydrogens (tertiary/aromatic N) is 1. The van der Waals surface area contributed by atoms with Crippen LogP contribution >= 0.6 is 0 Å². The van der Waals surface area contributed by atoms with Crippen LogP contribution in [0.5, 0.6) is 5.75 Å². The molecule has 0 spiro atoms. The van der Waals surface area contributed by atoms with Gasteiger partial charge >= 0.3 is 0 Å². The van der Waals surface area contributed by atoms with Crippen LogP contribution in [0.15, 0.2) is 12.1 Å². The van der Waals surface area contributed by atoms with Crippen molar-refractivity contribution in [2.75, 3.05) is 30.9 Å². The topological polar surface area (TPSA) is 66.8 Å². The van der Waals surface area contributed by atoms with E-state index in [-0.39, 0.29) is 11.5 Å². The van der Waals surface area contributed by atoms with Crippen molar-refractivity contribution in [3.05, 3.63) is 23.5 Å². The van der Waals surface area contributed by atoms with Gasteiger partial charge in [0.25, 0.3) is 10.1 Å². The van der Waals surface area contributed by atoms with Crippen molar-refractivity contribution >= 4 is 15.8 Å². The molecule has 114 valence electrons. The third kappa shape index (κ3) is 4.64. The van der Waals surface area contributed by atoms with Gasteiger partial charge in [0.2, 0.25) is 0 Å². The van der Waals surface area contributed by atoms with E-state index < -0.39 is 15.9 Å². The van der Waals surface area contributed by atoms with Gasteiger partial charge in [0.15, 0.2) is 11.6 Å². The lowest BCUT2D eigenvalue weighted by molar-refractivity contribution is 0.385. The van der Waals surface area contributed by atoms with Crippen molar-refractivity contribution < 1.29 is 22.1 Å². The molecule has 1 N–H and O–H groups in total. The molecule has 0 radical (unpaired) electrons. The molecule has 0 amide bonds. The minimum Gasteiger partial charge on any atom is -0.494 e. The summed E-state index contributed by atoms with van der Waals surface area (Å²) in [6.07, 6.45) is 0.297. The van der Waals surface area contributed by atoms with Gasteiger partial charge in [0.1, 0.15) is 0 Å². The molecule has 0 saturated carbocycles. The minimum absolute atomic E-state index is 0.160. The van der Waals surface area contributed by atoms with Crippen LogP contribution in [0.4, 0.5) is 10.1 Å². The van der Waals surface area contributed by atoms with Crippen molar-refractivity contribution in [1.29, 1.82) is 0 Å². The Morgan fingerprint density at radius 2 is 2.05 bits per heavy atom. The second-order valence-corrected chi connectivity index (χ2v) is 6.07. The van der Waals surface area contributed by atoms with Crippen LogP contribution in [0.1, 0.15) is 18.9 Å². The Balaban J connectivity index is 2.87. The highest BCUT2D eigenvalue weighted by Crippen LogP contribution is 2.27. The van der Waals surface area contributed by atoms with Gasteiger partial charge < -0.3 is 9.64 Å². The maximum absolute atomic E-state index is 13.7. The summed E-state index contributed by atoms with van der Waals surface area (Å²) in [5.41, 5.74) is 1.23. The van der Waals surface area contributed by atoms with E-state index in [0.29, 0.717) is 25.1 Å². The van der Waals surface area contributed by atoms with Crippen molar-refractivity contribution in [2.24, 2.45) is 0 Å². The Bertz CT molecular complexity index is 560. The molecule has 1 aromatic carbocycles. The predicted molar refractivity (Wildman–Crippen MR) is 76.6 cm³/mol. The van der Waals surface area contributed by atoms with Crippen LogP contribution in [-0.2, 0) is 10.1 Å². The number of methoxy groups -OCH3 is 1. The Hall–Kier alpha value is -1.34. The van der Waals surface area contributed by atoms with Crippen LogP contribution in [0, 0.1) is 12.7 Å². The predicted octanol–water partition coefficient (Wildman–Crippen LogP) is 2.25. The number of rotatable bonds is 7. The first-order chi connectivity index (χ1) is 9.28. The van der Waals surface area contributed by atoms with E-state index >= 15 is 0 Å². The highest BCUT2D eigenvalue weighted by molar-refractivity contribution is 7.85. The Morgan fingerprint density at radius 1 is 1.40 bits per heavy atom. The number of hydrogen-bond acceptors (Lipinski definition) is 4. The molecule has 0 aliphatic heterocycles. The number of hydrogen-bond donors (Lipinski definition) is 1. The molecule has 0 aromatic heterocycles. The second-order valence-electron chi connectivity index (χ2n) is 4.50. The molecule has 5 nitrogen and oxygen atoms in total. The fraction of sp³-hybridized carbons (Fsp3) is 0.538. The first-order valence-electron chi connectivity index (χ1n) is 6.32. The Morgan fingerprint density at radius 3 is 2.55 bits per heavy atom. The number of aryl methyl sites for hydroxylation is 1. The third-order valence-electron chi connectivity index (χ3n) is 3.00. The smallest absolute Gasteiger partial charge is 0.264 e. The first kappa shape index (κ1) is 16.7. The summed E-state index contributed by atoms with van der Waals surface area (Å²) < 4.78 is 48.8. The van der Waals surface area contributed by atoms with E-state index in [1.54, 1.807) is 19.1 Å². The number of anilines is 1. The van der Waals surface area contributed by atoms with Gasteiger partial charge in [0, 0.05) is 24.8 Å². The summed E-state index contributed by atoms with van der Waals surface area (Å²) in [4.78, 5) is 1.90. The molecule has 0 fully saturated rings. The van der Waals surface area contributed by atoms with Crippen LogP contribution in [-0.4, -0.2) is 38.9 Å². The molecular weight excluding hydrogens is 285 g/mol. The molecule has 0 heterocycles. The molecular formula is C13H20FNO4S.